The number of benzene rings is 1. The fraction of sp³-hybridized carbons (Fsp3) is 0.533. The van der Waals surface area contributed by atoms with Crippen molar-refractivity contribution in [2.24, 2.45) is 5.73 Å². The van der Waals surface area contributed by atoms with Gasteiger partial charge < -0.3 is 15.4 Å². The van der Waals surface area contributed by atoms with Crippen LogP contribution in [0.4, 0.5) is 4.79 Å². The molecule has 0 bridgehead atoms. The maximum absolute atomic E-state index is 12.2. The lowest BCUT2D eigenvalue weighted by Crippen LogP contribution is -2.56. The summed E-state index contributed by atoms with van der Waals surface area (Å²) in [5.74, 6) is 0.572. The molecule has 0 atom stereocenters. The number of carbonyl (C=O) groups is 1. The summed E-state index contributed by atoms with van der Waals surface area (Å²) >= 11 is 0. The Morgan fingerprint density at radius 2 is 1.89 bits per heavy atom. The van der Waals surface area contributed by atoms with Crippen molar-refractivity contribution in [2.75, 3.05) is 13.6 Å². The lowest BCUT2D eigenvalue weighted by molar-refractivity contribution is 0.0773. The first-order chi connectivity index (χ1) is 9.18. The fourth-order valence-corrected chi connectivity index (χ4v) is 2.74. The molecule has 0 aromatic heterocycles. The molecule has 0 heterocycles. The third-order valence-electron chi connectivity index (χ3n) is 4.10. The van der Waals surface area contributed by atoms with Gasteiger partial charge in [-0.05, 0) is 25.0 Å². The standard InChI is InChI=1S/C15H22N2O2/c1-17(15(12-16)10-6-3-7-11-15)14(18)19-13-8-4-2-5-9-13/h2,4-5,8-9H,3,6-7,10-12,16H2,1H3. The number of para-hydroxylation sites is 1. The number of rotatable bonds is 3. The highest BCUT2D eigenvalue weighted by Gasteiger charge is 2.38. The quantitative estimate of drug-likeness (QED) is 0.911. The molecular formula is C15H22N2O2. The topological polar surface area (TPSA) is 55.6 Å². The van der Waals surface area contributed by atoms with Gasteiger partial charge in [-0.1, -0.05) is 37.5 Å². The molecule has 0 unspecified atom stereocenters. The highest BCUT2D eigenvalue weighted by molar-refractivity contribution is 5.71. The highest BCUT2D eigenvalue weighted by Crippen LogP contribution is 2.32. The van der Waals surface area contributed by atoms with E-state index in [2.05, 4.69) is 0 Å². The third-order valence-corrected chi connectivity index (χ3v) is 4.10. The number of hydrogen-bond donors (Lipinski definition) is 1. The van der Waals surface area contributed by atoms with Gasteiger partial charge in [-0.3, -0.25) is 0 Å². The molecule has 1 aromatic carbocycles. The second kappa shape index (κ2) is 6.06. The smallest absolute Gasteiger partial charge is 0.410 e. The predicted molar refractivity (Wildman–Crippen MR) is 75.1 cm³/mol. The van der Waals surface area contributed by atoms with Gasteiger partial charge in [0, 0.05) is 13.6 Å². The second-order valence-electron chi connectivity index (χ2n) is 5.23. The zero-order valence-corrected chi connectivity index (χ0v) is 11.5. The van der Waals surface area contributed by atoms with E-state index in [0.717, 1.165) is 25.7 Å². The van der Waals surface area contributed by atoms with Crippen LogP contribution in [0, 0.1) is 0 Å². The van der Waals surface area contributed by atoms with E-state index in [-0.39, 0.29) is 11.6 Å². The molecule has 0 saturated heterocycles. The lowest BCUT2D eigenvalue weighted by Gasteiger charge is -2.43. The van der Waals surface area contributed by atoms with Crippen LogP contribution in [-0.2, 0) is 0 Å². The van der Waals surface area contributed by atoms with Crippen LogP contribution >= 0.6 is 0 Å². The van der Waals surface area contributed by atoms with Crippen LogP contribution in [0.3, 0.4) is 0 Å². The van der Waals surface area contributed by atoms with Gasteiger partial charge in [-0.15, -0.1) is 0 Å². The number of ether oxygens (including phenoxy) is 1. The minimum atomic E-state index is -0.321. The van der Waals surface area contributed by atoms with Crippen LogP contribution < -0.4 is 10.5 Å². The van der Waals surface area contributed by atoms with Crippen LogP contribution in [0.2, 0.25) is 0 Å². The van der Waals surface area contributed by atoms with Crippen LogP contribution in [0.1, 0.15) is 32.1 Å². The van der Waals surface area contributed by atoms with Gasteiger partial charge in [0.05, 0.1) is 5.54 Å². The zero-order valence-electron chi connectivity index (χ0n) is 11.5. The molecule has 4 nitrogen and oxygen atoms in total. The van der Waals surface area contributed by atoms with Gasteiger partial charge in [-0.25, -0.2) is 4.79 Å². The van der Waals surface area contributed by atoms with Crippen molar-refractivity contribution in [3.63, 3.8) is 0 Å². The molecule has 1 aliphatic rings. The Labute approximate surface area is 114 Å². The van der Waals surface area contributed by atoms with Crippen molar-refractivity contribution in [3.8, 4) is 5.75 Å². The van der Waals surface area contributed by atoms with Gasteiger partial charge in [0.2, 0.25) is 0 Å². The summed E-state index contributed by atoms with van der Waals surface area (Å²) in [5, 5.41) is 0. The Morgan fingerprint density at radius 3 is 2.47 bits per heavy atom. The average Bonchev–Trinajstić information content (AvgIpc) is 2.48. The summed E-state index contributed by atoms with van der Waals surface area (Å²) < 4.78 is 5.39. The third kappa shape index (κ3) is 3.07. The molecule has 1 aliphatic carbocycles. The summed E-state index contributed by atoms with van der Waals surface area (Å²) in [5.41, 5.74) is 5.69. The predicted octanol–water partition coefficient (Wildman–Crippen LogP) is 2.78. The fourth-order valence-electron chi connectivity index (χ4n) is 2.74. The van der Waals surface area contributed by atoms with Gasteiger partial charge in [0.1, 0.15) is 5.75 Å². The maximum atomic E-state index is 12.2. The van der Waals surface area contributed by atoms with Crippen LogP contribution in [0.5, 0.6) is 5.75 Å². The minimum Gasteiger partial charge on any atom is -0.410 e. The summed E-state index contributed by atoms with van der Waals surface area (Å²) in [7, 11) is 1.80. The van der Waals surface area contributed by atoms with Crippen LogP contribution in [-0.4, -0.2) is 30.1 Å². The van der Waals surface area contributed by atoms with E-state index in [4.69, 9.17) is 10.5 Å². The zero-order chi connectivity index (χ0) is 13.7. The highest BCUT2D eigenvalue weighted by atomic mass is 16.6. The molecule has 1 aromatic rings. The van der Waals surface area contributed by atoms with E-state index in [9.17, 15) is 4.79 Å². The Kier molecular flexibility index (Phi) is 4.43. The van der Waals surface area contributed by atoms with Gasteiger partial charge >= 0.3 is 6.09 Å². The molecule has 0 aliphatic heterocycles. The van der Waals surface area contributed by atoms with E-state index >= 15 is 0 Å². The largest absolute Gasteiger partial charge is 0.415 e. The van der Waals surface area contributed by atoms with E-state index < -0.39 is 0 Å². The van der Waals surface area contributed by atoms with Gasteiger partial charge in [-0.2, -0.15) is 0 Å². The van der Waals surface area contributed by atoms with Gasteiger partial charge in [0.25, 0.3) is 0 Å². The number of amides is 1. The van der Waals surface area contributed by atoms with Crippen molar-refractivity contribution in [1.82, 2.24) is 4.90 Å². The molecule has 2 rings (SSSR count). The van der Waals surface area contributed by atoms with Crippen molar-refractivity contribution >= 4 is 6.09 Å². The number of hydrogen-bond acceptors (Lipinski definition) is 3. The molecule has 0 spiro atoms. The monoisotopic (exact) mass is 262 g/mol. The van der Waals surface area contributed by atoms with Crippen LogP contribution in [0.15, 0.2) is 30.3 Å². The lowest BCUT2D eigenvalue weighted by atomic mass is 9.81. The normalized spacial score (nSPS) is 17.8. The van der Waals surface area contributed by atoms with E-state index in [1.54, 1.807) is 24.1 Å². The SMILES string of the molecule is CN(C(=O)Oc1ccccc1)C1(CN)CCCCC1. The molecule has 19 heavy (non-hydrogen) atoms. The number of nitrogens with two attached hydrogens (primary N) is 1. The van der Waals surface area contributed by atoms with E-state index in [0.29, 0.717) is 12.3 Å². The summed E-state index contributed by atoms with van der Waals surface area (Å²) in [4.78, 5) is 13.9. The van der Waals surface area contributed by atoms with Crippen LogP contribution in [0.25, 0.3) is 0 Å². The van der Waals surface area contributed by atoms with E-state index in [1.807, 2.05) is 18.2 Å². The molecule has 1 fully saturated rings. The molecule has 2 N–H and O–H groups in total. The number of likely N-dealkylation sites (N-methyl/N-ethyl adjacent to an activating group) is 1. The molecule has 104 valence electrons. The first-order valence-corrected chi connectivity index (χ1v) is 6.89. The van der Waals surface area contributed by atoms with Crippen molar-refractivity contribution < 1.29 is 9.53 Å². The molecule has 1 saturated carbocycles. The maximum Gasteiger partial charge on any atom is 0.415 e. The molecule has 1 amide bonds. The number of nitrogens with zero attached hydrogens (tertiary/aromatic N) is 1. The second-order valence-corrected chi connectivity index (χ2v) is 5.23. The first kappa shape index (κ1) is 13.9. The Balaban J connectivity index is 2.05. The van der Waals surface area contributed by atoms with Crippen molar-refractivity contribution in [1.29, 1.82) is 0 Å². The van der Waals surface area contributed by atoms with Crippen molar-refractivity contribution in [2.45, 2.75) is 37.6 Å². The summed E-state index contributed by atoms with van der Waals surface area (Å²) in [6, 6.07) is 9.15. The number of carbonyl (C=O) groups excluding carboxylic acids is 1. The molecule has 4 heteroatoms. The molecular weight excluding hydrogens is 240 g/mol. The van der Waals surface area contributed by atoms with Gasteiger partial charge in [0.15, 0.2) is 0 Å². The minimum absolute atomic E-state index is 0.232. The first-order valence-electron chi connectivity index (χ1n) is 6.89. The molecule has 0 radical (unpaired) electrons. The average molecular weight is 262 g/mol. The van der Waals surface area contributed by atoms with Crippen molar-refractivity contribution in [3.05, 3.63) is 30.3 Å². The Morgan fingerprint density at radius 1 is 1.26 bits per heavy atom. The Bertz CT molecular complexity index is 413. The van der Waals surface area contributed by atoms with E-state index in [1.165, 1.54) is 6.42 Å². The summed E-state index contributed by atoms with van der Waals surface area (Å²) in [6.07, 6.45) is 5.08. The summed E-state index contributed by atoms with van der Waals surface area (Å²) in [6.45, 7) is 0.493. The Hall–Kier alpha value is -1.55.